The van der Waals surface area contributed by atoms with Crippen molar-refractivity contribution < 1.29 is 14.2 Å². The van der Waals surface area contributed by atoms with Crippen LogP contribution in [0.5, 0.6) is 5.75 Å². The van der Waals surface area contributed by atoms with Crippen LogP contribution in [0.4, 0.5) is 4.39 Å². The Hall–Kier alpha value is -1.87. The molecule has 0 saturated carbocycles. The van der Waals surface area contributed by atoms with E-state index in [1.54, 1.807) is 6.07 Å². The third kappa shape index (κ3) is 3.82. The molecule has 0 aromatic heterocycles. The summed E-state index contributed by atoms with van der Waals surface area (Å²) in [5, 5.41) is 10.3. The fourth-order valence-corrected chi connectivity index (χ4v) is 2.35. The molecule has 21 heavy (non-hydrogen) atoms. The minimum atomic E-state index is -0.835. The minimum Gasteiger partial charge on any atom is -0.494 e. The van der Waals surface area contributed by atoms with Gasteiger partial charge >= 0.3 is 0 Å². The lowest BCUT2D eigenvalue weighted by Crippen LogP contribution is -2.02. The van der Waals surface area contributed by atoms with Gasteiger partial charge in [0.25, 0.3) is 0 Å². The molecule has 1 unspecified atom stereocenters. The smallest absolute Gasteiger partial charge is 0.165 e. The summed E-state index contributed by atoms with van der Waals surface area (Å²) >= 11 is 0. The normalized spacial score (nSPS) is 12.5. The van der Waals surface area contributed by atoms with Crippen molar-refractivity contribution in [1.29, 1.82) is 0 Å². The molecule has 0 radical (unpaired) electrons. The van der Waals surface area contributed by atoms with Crippen molar-refractivity contribution >= 4 is 0 Å². The van der Waals surface area contributed by atoms with E-state index in [0.717, 1.165) is 12.0 Å². The van der Waals surface area contributed by atoms with Crippen LogP contribution in [-0.4, -0.2) is 12.2 Å². The number of rotatable bonds is 5. The van der Waals surface area contributed by atoms with E-state index in [9.17, 15) is 9.50 Å². The predicted octanol–water partition coefficient (Wildman–Crippen LogP) is 4.11. The van der Waals surface area contributed by atoms with Gasteiger partial charge in [-0.1, -0.05) is 44.2 Å². The van der Waals surface area contributed by atoms with Gasteiger partial charge in [0.05, 0.1) is 7.11 Å². The Bertz CT molecular complexity index is 591. The van der Waals surface area contributed by atoms with E-state index in [2.05, 4.69) is 13.8 Å². The molecule has 0 saturated heterocycles. The van der Waals surface area contributed by atoms with E-state index in [-0.39, 0.29) is 5.75 Å². The first-order chi connectivity index (χ1) is 10.0. The lowest BCUT2D eigenvalue weighted by atomic mass is 9.97. The Morgan fingerprint density at radius 3 is 2.19 bits per heavy atom. The Labute approximate surface area is 125 Å². The summed E-state index contributed by atoms with van der Waals surface area (Å²) in [4.78, 5) is 0. The topological polar surface area (TPSA) is 29.5 Å². The zero-order valence-corrected chi connectivity index (χ0v) is 12.6. The first-order valence-corrected chi connectivity index (χ1v) is 7.11. The molecule has 1 atom stereocenters. The number of benzene rings is 2. The fraction of sp³-hybridized carbons (Fsp3) is 0.333. The Kier molecular flexibility index (Phi) is 4.97. The highest BCUT2D eigenvalue weighted by Gasteiger charge is 2.13. The van der Waals surface area contributed by atoms with E-state index in [1.807, 2.05) is 24.3 Å². The van der Waals surface area contributed by atoms with E-state index in [4.69, 9.17) is 4.74 Å². The van der Waals surface area contributed by atoms with Crippen molar-refractivity contribution in [3.05, 3.63) is 65.0 Å². The number of ether oxygens (including phenoxy) is 1. The van der Waals surface area contributed by atoms with Crippen LogP contribution in [0.15, 0.2) is 42.5 Å². The number of hydrogen-bond acceptors (Lipinski definition) is 2. The van der Waals surface area contributed by atoms with Gasteiger partial charge in [0.1, 0.15) is 6.10 Å². The predicted molar refractivity (Wildman–Crippen MR) is 82.0 cm³/mol. The van der Waals surface area contributed by atoms with Crippen LogP contribution in [-0.2, 0) is 6.42 Å². The van der Waals surface area contributed by atoms with E-state index >= 15 is 0 Å². The number of hydrogen-bond donors (Lipinski definition) is 1. The zero-order valence-electron chi connectivity index (χ0n) is 12.6. The number of halogens is 1. The summed E-state index contributed by atoms with van der Waals surface area (Å²) in [6.45, 7) is 4.34. The van der Waals surface area contributed by atoms with Crippen LogP contribution in [0.3, 0.4) is 0 Å². The third-order valence-corrected chi connectivity index (χ3v) is 3.43. The summed E-state index contributed by atoms with van der Waals surface area (Å²) in [5.74, 6) is 0.306. The van der Waals surface area contributed by atoms with Crippen LogP contribution in [0.2, 0.25) is 0 Å². The molecule has 2 aromatic carbocycles. The first kappa shape index (κ1) is 15.5. The second-order valence-electron chi connectivity index (χ2n) is 5.64. The van der Waals surface area contributed by atoms with Gasteiger partial charge in [-0.25, -0.2) is 4.39 Å². The largest absolute Gasteiger partial charge is 0.494 e. The van der Waals surface area contributed by atoms with Gasteiger partial charge < -0.3 is 9.84 Å². The zero-order chi connectivity index (χ0) is 15.4. The maximum absolute atomic E-state index is 13.7. The molecule has 112 valence electrons. The third-order valence-electron chi connectivity index (χ3n) is 3.43. The molecule has 0 aliphatic heterocycles. The summed E-state index contributed by atoms with van der Waals surface area (Å²) in [5.41, 5.74) is 2.51. The van der Waals surface area contributed by atoms with Gasteiger partial charge in [-0.3, -0.25) is 0 Å². The van der Waals surface area contributed by atoms with E-state index in [1.165, 1.54) is 24.8 Å². The van der Waals surface area contributed by atoms with Gasteiger partial charge in [-0.05, 0) is 41.2 Å². The van der Waals surface area contributed by atoms with Crippen molar-refractivity contribution in [3.63, 3.8) is 0 Å². The SMILES string of the molecule is COc1ccc(C(O)c2ccc(CC(C)C)cc2)cc1F. The molecule has 0 amide bonds. The summed E-state index contributed by atoms with van der Waals surface area (Å²) in [6, 6.07) is 12.3. The summed E-state index contributed by atoms with van der Waals surface area (Å²) in [7, 11) is 1.42. The van der Waals surface area contributed by atoms with E-state index in [0.29, 0.717) is 11.5 Å². The number of methoxy groups -OCH3 is 1. The molecule has 0 spiro atoms. The lowest BCUT2D eigenvalue weighted by molar-refractivity contribution is 0.219. The Morgan fingerprint density at radius 1 is 1.05 bits per heavy atom. The highest BCUT2D eigenvalue weighted by atomic mass is 19.1. The fourth-order valence-electron chi connectivity index (χ4n) is 2.35. The molecular formula is C18H21FO2. The van der Waals surface area contributed by atoms with Crippen LogP contribution < -0.4 is 4.74 Å². The molecule has 3 heteroatoms. The van der Waals surface area contributed by atoms with Crippen molar-refractivity contribution in [3.8, 4) is 5.75 Å². The second-order valence-corrected chi connectivity index (χ2v) is 5.64. The maximum Gasteiger partial charge on any atom is 0.165 e. The Morgan fingerprint density at radius 2 is 1.67 bits per heavy atom. The minimum absolute atomic E-state index is 0.179. The molecular weight excluding hydrogens is 267 g/mol. The van der Waals surface area contributed by atoms with Gasteiger partial charge in [-0.15, -0.1) is 0 Å². The molecule has 0 fully saturated rings. The molecule has 0 aliphatic rings. The van der Waals surface area contributed by atoms with Gasteiger partial charge in [-0.2, -0.15) is 0 Å². The molecule has 2 nitrogen and oxygen atoms in total. The summed E-state index contributed by atoms with van der Waals surface area (Å²) < 4.78 is 18.6. The number of aliphatic hydroxyl groups excluding tert-OH is 1. The average molecular weight is 288 g/mol. The first-order valence-electron chi connectivity index (χ1n) is 7.11. The van der Waals surface area contributed by atoms with Crippen LogP contribution in [0.1, 0.15) is 36.6 Å². The number of aliphatic hydroxyl groups is 1. The van der Waals surface area contributed by atoms with Crippen molar-refractivity contribution in [2.45, 2.75) is 26.4 Å². The van der Waals surface area contributed by atoms with Gasteiger partial charge in [0, 0.05) is 0 Å². The maximum atomic E-state index is 13.7. The standard InChI is InChI=1S/C18H21FO2/c1-12(2)10-13-4-6-14(7-5-13)18(20)15-8-9-17(21-3)16(19)11-15/h4-9,11-12,18,20H,10H2,1-3H3. The van der Waals surface area contributed by atoms with Crippen LogP contribution in [0.25, 0.3) is 0 Å². The van der Waals surface area contributed by atoms with Crippen molar-refractivity contribution in [1.82, 2.24) is 0 Å². The monoisotopic (exact) mass is 288 g/mol. The molecule has 0 bridgehead atoms. The van der Waals surface area contributed by atoms with Gasteiger partial charge in [0.2, 0.25) is 0 Å². The average Bonchev–Trinajstić information content (AvgIpc) is 2.46. The molecule has 2 aromatic rings. The van der Waals surface area contributed by atoms with Gasteiger partial charge in [0.15, 0.2) is 11.6 Å². The lowest BCUT2D eigenvalue weighted by Gasteiger charge is -2.14. The second kappa shape index (κ2) is 6.72. The molecule has 0 aliphatic carbocycles. The van der Waals surface area contributed by atoms with E-state index < -0.39 is 11.9 Å². The summed E-state index contributed by atoms with van der Waals surface area (Å²) in [6.07, 6.45) is 0.173. The Balaban J connectivity index is 2.19. The van der Waals surface area contributed by atoms with Crippen LogP contribution in [0, 0.1) is 11.7 Å². The van der Waals surface area contributed by atoms with Crippen LogP contribution >= 0.6 is 0 Å². The molecule has 1 N–H and O–H groups in total. The molecule has 2 rings (SSSR count). The quantitative estimate of drug-likeness (QED) is 0.897. The highest BCUT2D eigenvalue weighted by molar-refractivity contribution is 5.36. The highest BCUT2D eigenvalue weighted by Crippen LogP contribution is 2.26. The van der Waals surface area contributed by atoms with Crippen molar-refractivity contribution in [2.75, 3.05) is 7.11 Å². The molecule has 0 heterocycles. The van der Waals surface area contributed by atoms with Crippen molar-refractivity contribution in [2.24, 2.45) is 5.92 Å².